The molecule has 0 saturated carbocycles. The first-order valence-electron chi connectivity index (χ1n) is 5.28. The molecule has 0 aromatic carbocycles. The van der Waals surface area contributed by atoms with Crippen LogP contribution >= 0.6 is 0 Å². The van der Waals surface area contributed by atoms with Crippen molar-refractivity contribution < 1.29 is 14.3 Å². The van der Waals surface area contributed by atoms with Gasteiger partial charge in [-0.05, 0) is 19.3 Å². The van der Waals surface area contributed by atoms with Crippen molar-refractivity contribution in [2.75, 3.05) is 20.8 Å². The van der Waals surface area contributed by atoms with E-state index in [0.717, 1.165) is 19.3 Å². The molecule has 0 fully saturated rings. The molecule has 0 rings (SSSR count). The molecule has 0 aromatic heterocycles. The van der Waals surface area contributed by atoms with Crippen LogP contribution in [0, 0.1) is 0 Å². The summed E-state index contributed by atoms with van der Waals surface area (Å²) in [6.07, 6.45) is 4.16. The maximum Gasteiger partial charge on any atom is 0.133 e. The number of hydrogen-bond donors (Lipinski definition) is 0. The van der Waals surface area contributed by atoms with E-state index < -0.39 is 0 Å². The average molecular weight is 202 g/mol. The molecule has 1 unspecified atom stereocenters. The van der Waals surface area contributed by atoms with Gasteiger partial charge in [0.2, 0.25) is 0 Å². The fourth-order valence-electron chi connectivity index (χ4n) is 1.35. The number of methoxy groups -OCH3 is 2. The molecule has 3 nitrogen and oxygen atoms in total. The largest absolute Gasteiger partial charge is 0.385 e. The Balaban J connectivity index is 3.42. The second-order valence-electron chi connectivity index (χ2n) is 3.44. The zero-order valence-electron chi connectivity index (χ0n) is 9.54. The first-order valence-corrected chi connectivity index (χ1v) is 5.28. The fourth-order valence-corrected chi connectivity index (χ4v) is 1.35. The van der Waals surface area contributed by atoms with Gasteiger partial charge in [-0.2, -0.15) is 0 Å². The topological polar surface area (TPSA) is 35.5 Å². The molecule has 0 aromatic rings. The molecular weight excluding hydrogens is 180 g/mol. The monoisotopic (exact) mass is 202 g/mol. The van der Waals surface area contributed by atoms with Gasteiger partial charge in [0.1, 0.15) is 5.78 Å². The molecule has 0 aliphatic heterocycles. The van der Waals surface area contributed by atoms with Crippen LogP contribution in [0.2, 0.25) is 0 Å². The van der Waals surface area contributed by atoms with Crippen molar-refractivity contribution in [1.82, 2.24) is 0 Å². The Kier molecular flexibility index (Phi) is 8.89. The SMILES string of the molecule is CCC(CCC(=O)CCCOC)OC. The maximum atomic E-state index is 11.3. The molecule has 14 heavy (non-hydrogen) atoms. The minimum absolute atomic E-state index is 0.237. The van der Waals surface area contributed by atoms with E-state index in [0.29, 0.717) is 25.2 Å². The fraction of sp³-hybridized carbons (Fsp3) is 0.909. The van der Waals surface area contributed by atoms with Crippen LogP contribution in [0.3, 0.4) is 0 Å². The Labute approximate surface area is 86.8 Å². The lowest BCUT2D eigenvalue weighted by Crippen LogP contribution is -2.11. The summed E-state index contributed by atoms with van der Waals surface area (Å²) < 4.78 is 10.1. The Morgan fingerprint density at radius 3 is 2.50 bits per heavy atom. The summed E-state index contributed by atoms with van der Waals surface area (Å²) in [5.41, 5.74) is 0. The van der Waals surface area contributed by atoms with E-state index in [2.05, 4.69) is 6.92 Å². The summed E-state index contributed by atoms with van der Waals surface area (Å²) in [5.74, 6) is 0.317. The van der Waals surface area contributed by atoms with Gasteiger partial charge in [0, 0.05) is 33.7 Å². The summed E-state index contributed by atoms with van der Waals surface area (Å²) in [6.45, 7) is 2.75. The lowest BCUT2D eigenvalue weighted by molar-refractivity contribution is -0.120. The third kappa shape index (κ3) is 7.04. The summed E-state index contributed by atoms with van der Waals surface area (Å²) >= 11 is 0. The summed E-state index contributed by atoms with van der Waals surface area (Å²) in [7, 11) is 3.35. The average Bonchev–Trinajstić information content (AvgIpc) is 2.20. The Morgan fingerprint density at radius 1 is 1.29 bits per heavy atom. The highest BCUT2D eigenvalue weighted by molar-refractivity contribution is 5.78. The molecule has 0 amide bonds. The van der Waals surface area contributed by atoms with E-state index in [4.69, 9.17) is 9.47 Å². The lowest BCUT2D eigenvalue weighted by Gasteiger charge is -2.11. The third-order valence-corrected chi connectivity index (χ3v) is 2.34. The van der Waals surface area contributed by atoms with Gasteiger partial charge in [-0.3, -0.25) is 4.79 Å². The molecule has 0 saturated heterocycles. The normalized spacial score (nSPS) is 12.8. The van der Waals surface area contributed by atoms with Crippen LogP contribution in [0.25, 0.3) is 0 Å². The molecule has 0 bridgehead atoms. The van der Waals surface area contributed by atoms with Gasteiger partial charge in [0.15, 0.2) is 0 Å². The molecule has 0 N–H and O–H groups in total. The van der Waals surface area contributed by atoms with E-state index in [1.807, 2.05) is 0 Å². The van der Waals surface area contributed by atoms with Crippen LogP contribution in [-0.4, -0.2) is 32.7 Å². The molecular formula is C11H22O3. The van der Waals surface area contributed by atoms with Crippen molar-refractivity contribution in [3.05, 3.63) is 0 Å². The van der Waals surface area contributed by atoms with E-state index in [1.54, 1.807) is 14.2 Å². The minimum Gasteiger partial charge on any atom is -0.385 e. The van der Waals surface area contributed by atoms with Gasteiger partial charge in [0.05, 0.1) is 6.10 Å². The van der Waals surface area contributed by atoms with Gasteiger partial charge >= 0.3 is 0 Å². The zero-order chi connectivity index (χ0) is 10.8. The van der Waals surface area contributed by atoms with Gasteiger partial charge in [0.25, 0.3) is 0 Å². The first-order chi connectivity index (χ1) is 6.74. The number of ketones is 1. The second kappa shape index (κ2) is 9.16. The molecule has 0 aliphatic rings. The van der Waals surface area contributed by atoms with Crippen LogP contribution in [0.5, 0.6) is 0 Å². The lowest BCUT2D eigenvalue weighted by atomic mass is 10.1. The number of rotatable bonds is 9. The molecule has 0 radical (unpaired) electrons. The van der Waals surface area contributed by atoms with E-state index in [-0.39, 0.29) is 6.10 Å². The highest BCUT2D eigenvalue weighted by Crippen LogP contribution is 2.07. The van der Waals surface area contributed by atoms with E-state index in [1.165, 1.54) is 0 Å². The van der Waals surface area contributed by atoms with Crippen LogP contribution in [0.4, 0.5) is 0 Å². The van der Waals surface area contributed by atoms with Gasteiger partial charge in [-0.15, -0.1) is 0 Å². The van der Waals surface area contributed by atoms with Crippen molar-refractivity contribution in [2.24, 2.45) is 0 Å². The van der Waals surface area contributed by atoms with Crippen molar-refractivity contribution in [1.29, 1.82) is 0 Å². The molecule has 0 spiro atoms. The van der Waals surface area contributed by atoms with Gasteiger partial charge in [-0.25, -0.2) is 0 Å². The Bertz CT molecular complexity index is 141. The third-order valence-electron chi connectivity index (χ3n) is 2.34. The molecule has 0 aliphatic carbocycles. The zero-order valence-corrected chi connectivity index (χ0v) is 9.54. The highest BCUT2D eigenvalue weighted by Gasteiger charge is 2.07. The highest BCUT2D eigenvalue weighted by atomic mass is 16.5. The van der Waals surface area contributed by atoms with Crippen LogP contribution in [0.15, 0.2) is 0 Å². The van der Waals surface area contributed by atoms with Crippen molar-refractivity contribution >= 4 is 5.78 Å². The van der Waals surface area contributed by atoms with Crippen molar-refractivity contribution in [2.45, 2.75) is 45.1 Å². The molecule has 3 heteroatoms. The smallest absolute Gasteiger partial charge is 0.133 e. The van der Waals surface area contributed by atoms with Crippen molar-refractivity contribution in [3.8, 4) is 0 Å². The van der Waals surface area contributed by atoms with Crippen LogP contribution in [-0.2, 0) is 14.3 Å². The Hall–Kier alpha value is -0.410. The molecule has 84 valence electrons. The van der Waals surface area contributed by atoms with Crippen LogP contribution in [0.1, 0.15) is 39.0 Å². The van der Waals surface area contributed by atoms with E-state index in [9.17, 15) is 4.79 Å². The Morgan fingerprint density at radius 2 is 2.00 bits per heavy atom. The quantitative estimate of drug-likeness (QED) is 0.538. The summed E-state index contributed by atoms with van der Waals surface area (Å²) in [5, 5.41) is 0. The van der Waals surface area contributed by atoms with E-state index >= 15 is 0 Å². The first kappa shape index (κ1) is 13.6. The summed E-state index contributed by atoms with van der Waals surface area (Å²) in [4.78, 5) is 11.3. The van der Waals surface area contributed by atoms with Gasteiger partial charge < -0.3 is 9.47 Å². The second-order valence-corrected chi connectivity index (χ2v) is 3.44. The number of hydrogen-bond acceptors (Lipinski definition) is 3. The predicted octanol–water partition coefficient (Wildman–Crippen LogP) is 2.19. The van der Waals surface area contributed by atoms with Crippen molar-refractivity contribution in [3.63, 3.8) is 0 Å². The summed E-state index contributed by atoms with van der Waals surface area (Å²) in [6, 6.07) is 0. The maximum absolute atomic E-state index is 11.3. The minimum atomic E-state index is 0.237. The number of ether oxygens (including phenoxy) is 2. The number of Topliss-reactive ketones (excluding diaryl/α,β-unsaturated/α-hetero) is 1. The number of carbonyl (C=O) groups is 1. The standard InChI is InChI=1S/C11H22O3/c1-4-11(14-3)8-7-10(12)6-5-9-13-2/h11H,4-9H2,1-3H3. The molecule has 0 heterocycles. The van der Waals surface area contributed by atoms with Gasteiger partial charge in [-0.1, -0.05) is 6.92 Å². The predicted molar refractivity (Wildman–Crippen MR) is 56.4 cm³/mol. The van der Waals surface area contributed by atoms with Crippen LogP contribution < -0.4 is 0 Å². The molecule has 1 atom stereocenters. The number of carbonyl (C=O) groups excluding carboxylic acids is 1.